The van der Waals surface area contributed by atoms with Crippen LogP contribution in [0.3, 0.4) is 0 Å². The highest BCUT2D eigenvalue weighted by atomic mass is 35.5. The first-order chi connectivity index (χ1) is 13.2. The van der Waals surface area contributed by atoms with E-state index in [1.807, 2.05) is 30.3 Å². The van der Waals surface area contributed by atoms with Crippen LogP contribution in [0.2, 0.25) is 5.02 Å². The van der Waals surface area contributed by atoms with Gasteiger partial charge in [0, 0.05) is 19.8 Å². The molecule has 2 heterocycles. The molecule has 0 aliphatic rings. The maximum absolute atomic E-state index is 13.1. The standard InChI is InChI=1S/C18H16ClF3N4OS/c1-11(16(27)25(2)9-12-6-4-3-5-7-12)28-17-24-23-15-14(19)8-13(10-26(15)17)18(20,21)22/h3-8,10-11H,9H2,1-2H3/t11-/m1/s1. The average molecular weight is 429 g/mol. The van der Waals surface area contributed by atoms with Crippen molar-refractivity contribution in [2.24, 2.45) is 0 Å². The van der Waals surface area contributed by atoms with Gasteiger partial charge in [-0.05, 0) is 18.6 Å². The molecule has 0 saturated carbocycles. The number of pyridine rings is 1. The van der Waals surface area contributed by atoms with Gasteiger partial charge >= 0.3 is 6.18 Å². The molecule has 0 radical (unpaired) electrons. The van der Waals surface area contributed by atoms with Crippen LogP contribution in [0.1, 0.15) is 18.1 Å². The summed E-state index contributed by atoms with van der Waals surface area (Å²) in [6, 6.07) is 10.3. The van der Waals surface area contributed by atoms with Crippen molar-refractivity contribution in [3.63, 3.8) is 0 Å². The monoisotopic (exact) mass is 428 g/mol. The largest absolute Gasteiger partial charge is 0.417 e. The number of alkyl halides is 3. The first-order valence-electron chi connectivity index (χ1n) is 8.24. The minimum absolute atomic E-state index is 0.106. The van der Waals surface area contributed by atoms with Crippen LogP contribution in [-0.4, -0.2) is 37.7 Å². The summed E-state index contributed by atoms with van der Waals surface area (Å²) < 4.78 is 40.3. The number of benzene rings is 1. The highest BCUT2D eigenvalue weighted by Gasteiger charge is 2.32. The number of thioether (sulfide) groups is 1. The molecule has 3 rings (SSSR count). The van der Waals surface area contributed by atoms with Gasteiger partial charge in [-0.2, -0.15) is 13.2 Å². The average Bonchev–Trinajstić information content (AvgIpc) is 3.04. The fourth-order valence-electron chi connectivity index (χ4n) is 2.62. The second-order valence-corrected chi connectivity index (χ2v) is 7.91. The molecule has 2 aromatic heterocycles. The Balaban J connectivity index is 1.79. The SMILES string of the molecule is C[C@@H](Sc1nnc2c(Cl)cc(C(F)(F)F)cn12)C(=O)N(C)Cc1ccccc1. The maximum atomic E-state index is 13.1. The Morgan fingerprint density at radius 2 is 1.96 bits per heavy atom. The molecule has 3 aromatic rings. The topological polar surface area (TPSA) is 50.5 Å². The molecule has 0 bridgehead atoms. The van der Waals surface area contributed by atoms with Crippen molar-refractivity contribution >= 4 is 34.9 Å². The molecule has 1 aromatic carbocycles. The van der Waals surface area contributed by atoms with Crippen LogP contribution in [0.5, 0.6) is 0 Å². The number of rotatable bonds is 5. The summed E-state index contributed by atoms with van der Waals surface area (Å²) in [6.45, 7) is 2.10. The smallest absolute Gasteiger partial charge is 0.340 e. The van der Waals surface area contributed by atoms with Gasteiger partial charge in [-0.25, -0.2) is 0 Å². The van der Waals surface area contributed by atoms with Crippen molar-refractivity contribution in [3.8, 4) is 0 Å². The van der Waals surface area contributed by atoms with Gasteiger partial charge in [-0.1, -0.05) is 53.7 Å². The van der Waals surface area contributed by atoms with E-state index in [0.717, 1.165) is 34.0 Å². The van der Waals surface area contributed by atoms with Crippen LogP contribution in [0.15, 0.2) is 47.8 Å². The Morgan fingerprint density at radius 1 is 1.29 bits per heavy atom. The van der Waals surface area contributed by atoms with Gasteiger partial charge in [0.25, 0.3) is 0 Å². The van der Waals surface area contributed by atoms with Gasteiger partial charge in [0.05, 0.1) is 15.8 Å². The van der Waals surface area contributed by atoms with Crippen LogP contribution in [0, 0.1) is 0 Å². The number of halogens is 4. The summed E-state index contributed by atoms with van der Waals surface area (Å²) in [5.41, 5.74) is 0.173. The van der Waals surface area contributed by atoms with Crippen molar-refractivity contribution in [2.75, 3.05) is 7.05 Å². The quantitative estimate of drug-likeness (QED) is 0.560. The van der Waals surface area contributed by atoms with E-state index < -0.39 is 17.0 Å². The van der Waals surface area contributed by atoms with E-state index in [2.05, 4.69) is 10.2 Å². The molecular formula is C18H16ClF3N4OS. The lowest BCUT2D eigenvalue weighted by atomic mass is 10.2. The molecular weight excluding hydrogens is 413 g/mol. The third kappa shape index (κ3) is 4.41. The number of carbonyl (C=O) groups excluding carboxylic acids is 1. The Kier molecular flexibility index (Phi) is 5.85. The predicted molar refractivity (Wildman–Crippen MR) is 101 cm³/mol. The second kappa shape index (κ2) is 8.00. The summed E-state index contributed by atoms with van der Waals surface area (Å²) >= 11 is 6.94. The number of nitrogens with zero attached hydrogens (tertiary/aromatic N) is 4. The summed E-state index contributed by atoms with van der Waals surface area (Å²) in [5.74, 6) is -0.177. The number of hydrogen-bond donors (Lipinski definition) is 0. The van der Waals surface area contributed by atoms with Crippen LogP contribution < -0.4 is 0 Å². The molecule has 0 aliphatic heterocycles. The summed E-state index contributed by atoms with van der Waals surface area (Å²) in [4.78, 5) is 14.2. The van der Waals surface area contributed by atoms with E-state index in [9.17, 15) is 18.0 Å². The fraction of sp³-hybridized carbons (Fsp3) is 0.278. The normalized spacial score (nSPS) is 12.9. The molecule has 0 aliphatic carbocycles. The van der Waals surface area contributed by atoms with Gasteiger partial charge < -0.3 is 4.90 Å². The van der Waals surface area contributed by atoms with E-state index in [4.69, 9.17) is 11.6 Å². The number of fused-ring (bicyclic) bond motifs is 1. The van der Waals surface area contributed by atoms with Crippen molar-refractivity contribution in [3.05, 3.63) is 58.7 Å². The van der Waals surface area contributed by atoms with E-state index in [-0.39, 0.29) is 21.7 Å². The summed E-state index contributed by atoms with van der Waals surface area (Å²) in [7, 11) is 1.67. The van der Waals surface area contributed by atoms with Crippen molar-refractivity contribution in [2.45, 2.75) is 30.1 Å². The van der Waals surface area contributed by atoms with Gasteiger partial charge in [0.1, 0.15) is 0 Å². The molecule has 0 saturated heterocycles. The zero-order valence-electron chi connectivity index (χ0n) is 14.9. The molecule has 1 amide bonds. The second-order valence-electron chi connectivity index (χ2n) is 6.19. The minimum Gasteiger partial charge on any atom is -0.340 e. The van der Waals surface area contributed by atoms with Crippen molar-refractivity contribution < 1.29 is 18.0 Å². The van der Waals surface area contributed by atoms with Crippen molar-refractivity contribution in [1.29, 1.82) is 0 Å². The first kappa shape index (κ1) is 20.5. The number of amides is 1. The van der Waals surface area contributed by atoms with Crippen LogP contribution in [0.25, 0.3) is 5.65 Å². The Bertz CT molecular complexity index is 994. The van der Waals surface area contributed by atoms with Gasteiger partial charge in [-0.15, -0.1) is 10.2 Å². The lowest BCUT2D eigenvalue weighted by Gasteiger charge is -2.20. The first-order valence-corrected chi connectivity index (χ1v) is 9.49. The Labute approximate surface area is 168 Å². The molecule has 148 valence electrons. The van der Waals surface area contributed by atoms with E-state index in [1.54, 1.807) is 18.9 Å². The lowest BCUT2D eigenvalue weighted by molar-refractivity contribution is -0.138. The van der Waals surface area contributed by atoms with Crippen LogP contribution in [0.4, 0.5) is 13.2 Å². The third-order valence-electron chi connectivity index (χ3n) is 4.02. The zero-order chi connectivity index (χ0) is 20.5. The predicted octanol–water partition coefficient (Wildman–Crippen LogP) is 4.54. The van der Waals surface area contributed by atoms with Gasteiger partial charge in [0.2, 0.25) is 5.91 Å². The highest BCUT2D eigenvalue weighted by Crippen LogP contribution is 2.34. The molecule has 28 heavy (non-hydrogen) atoms. The zero-order valence-corrected chi connectivity index (χ0v) is 16.5. The molecule has 1 atom stereocenters. The fourth-order valence-corrected chi connectivity index (χ4v) is 3.81. The van der Waals surface area contributed by atoms with E-state index in [0.29, 0.717) is 6.54 Å². The molecule has 0 N–H and O–H groups in total. The number of carbonyl (C=O) groups is 1. The van der Waals surface area contributed by atoms with E-state index >= 15 is 0 Å². The van der Waals surface area contributed by atoms with Crippen molar-refractivity contribution in [1.82, 2.24) is 19.5 Å². The third-order valence-corrected chi connectivity index (χ3v) is 5.35. The molecule has 0 unspecified atom stereocenters. The van der Waals surface area contributed by atoms with Gasteiger partial charge in [-0.3, -0.25) is 9.20 Å². The lowest BCUT2D eigenvalue weighted by Crippen LogP contribution is -2.32. The van der Waals surface area contributed by atoms with Crippen LogP contribution >= 0.6 is 23.4 Å². The molecule has 0 spiro atoms. The highest BCUT2D eigenvalue weighted by molar-refractivity contribution is 8.00. The summed E-state index contributed by atoms with van der Waals surface area (Å²) in [5, 5.41) is 7.16. The Hall–Kier alpha value is -2.26. The van der Waals surface area contributed by atoms with E-state index in [1.165, 1.54) is 0 Å². The molecule has 5 nitrogen and oxygen atoms in total. The molecule has 0 fully saturated rings. The minimum atomic E-state index is -4.55. The van der Waals surface area contributed by atoms with Crippen LogP contribution in [-0.2, 0) is 17.5 Å². The molecule has 10 heteroatoms. The maximum Gasteiger partial charge on any atom is 0.417 e. The Morgan fingerprint density at radius 3 is 2.61 bits per heavy atom. The summed E-state index contributed by atoms with van der Waals surface area (Å²) in [6.07, 6.45) is -3.67. The number of hydrogen-bond acceptors (Lipinski definition) is 4. The number of aromatic nitrogens is 3. The van der Waals surface area contributed by atoms with Gasteiger partial charge in [0.15, 0.2) is 10.8 Å².